The van der Waals surface area contributed by atoms with E-state index >= 15 is 0 Å². The Morgan fingerprint density at radius 2 is 1.52 bits per heavy atom. The molecule has 0 radical (unpaired) electrons. The topological polar surface area (TPSA) is 9.23 Å². The predicted molar refractivity (Wildman–Crippen MR) is 96.2 cm³/mol. The number of hydrogen-bond donors (Lipinski definition) is 0. The van der Waals surface area contributed by atoms with Crippen molar-refractivity contribution in [2.24, 2.45) is 0 Å². The molecule has 0 heterocycles. The minimum absolute atomic E-state index is 0.153. The molecule has 0 aromatic heterocycles. The SMILES string of the molecule is CCCCC[C@@](C)(O[Si](C)(C)C(C)(C)C)c1ccccc1. The molecule has 0 saturated carbocycles. The number of unbranched alkanes of at least 4 members (excludes halogenated alkanes) is 2. The van der Waals surface area contributed by atoms with Crippen LogP contribution in [0.4, 0.5) is 0 Å². The van der Waals surface area contributed by atoms with Gasteiger partial charge < -0.3 is 4.43 Å². The highest BCUT2D eigenvalue weighted by Crippen LogP contribution is 2.43. The van der Waals surface area contributed by atoms with Crippen LogP contribution in [0.1, 0.15) is 65.9 Å². The van der Waals surface area contributed by atoms with Gasteiger partial charge in [0.15, 0.2) is 8.32 Å². The molecule has 1 rings (SSSR count). The van der Waals surface area contributed by atoms with Crippen molar-refractivity contribution in [3.63, 3.8) is 0 Å². The van der Waals surface area contributed by atoms with Crippen LogP contribution in [0, 0.1) is 0 Å². The molecule has 0 bridgehead atoms. The van der Waals surface area contributed by atoms with E-state index in [2.05, 4.69) is 78.0 Å². The van der Waals surface area contributed by atoms with Gasteiger partial charge in [0.05, 0.1) is 5.60 Å². The van der Waals surface area contributed by atoms with Crippen LogP contribution in [0.5, 0.6) is 0 Å². The maximum absolute atomic E-state index is 6.86. The van der Waals surface area contributed by atoms with E-state index in [9.17, 15) is 0 Å². The lowest BCUT2D eigenvalue weighted by Crippen LogP contribution is -2.47. The summed E-state index contributed by atoms with van der Waals surface area (Å²) in [6, 6.07) is 10.8. The zero-order valence-electron chi connectivity index (χ0n) is 15.1. The van der Waals surface area contributed by atoms with Crippen LogP contribution >= 0.6 is 0 Å². The number of benzene rings is 1. The van der Waals surface area contributed by atoms with E-state index in [-0.39, 0.29) is 10.6 Å². The Labute approximate surface area is 133 Å². The van der Waals surface area contributed by atoms with E-state index < -0.39 is 8.32 Å². The molecule has 21 heavy (non-hydrogen) atoms. The quantitative estimate of drug-likeness (QED) is 0.412. The van der Waals surface area contributed by atoms with E-state index in [1.165, 1.54) is 24.8 Å². The Kier molecular flexibility index (Phi) is 6.24. The fourth-order valence-corrected chi connectivity index (χ4v) is 4.13. The molecule has 1 aromatic carbocycles. The molecular formula is C19H34OSi. The third-order valence-corrected chi connectivity index (χ3v) is 9.50. The second-order valence-corrected chi connectivity index (χ2v) is 12.6. The summed E-state index contributed by atoms with van der Waals surface area (Å²) >= 11 is 0. The minimum atomic E-state index is -1.78. The van der Waals surface area contributed by atoms with Gasteiger partial charge in [0.25, 0.3) is 0 Å². The van der Waals surface area contributed by atoms with E-state index in [1.807, 2.05) is 0 Å². The van der Waals surface area contributed by atoms with Crippen molar-refractivity contribution in [3.8, 4) is 0 Å². The maximum Gasteiger partial charge on any atom is 0.193 e. The molecule has 0 N–H and O–H groups in total. The van der Waals surface area contributed by atoms with Crippen LogP contribution in [-0.2, 0) is 10.0 Å². The average Bonchev–Trinajstić information content (AvgIpc) is 2.38. The largest absolute Gasteiger partial charge is 0.408 e. The highest BCUT2D eigenvalue weighted by atomic mass is 28.4. The summed E-state index contributed by atoms with van der Waals surface area (Å²) < 4.78 is 6.86. The van der Waals surface area contributed by atoms with Crippen molar-refractivity contribution in [1.29, 1.82) is 0 Å². The first-order valence-electron chi connectivity index (χ1n) is 8.38. The van der Waals surface area contributed by atoms with Gasteiger partial charge in [-0.1, -0.05) is 77.3 Å². The molecule has 0 fully saturated rings. The summed E-state index contributed by atoms with van der Waals surface area (Å²) in [5, 5.41) is 0.244. The molecule has 1 aromatic rings. The Morgan fingerprint density at radius 3 is 2.00 bits per heavy atom. The molecular weight excluding hydrogens is 272 g/mol. The van der Waals surface area contributed by atoms with Gasteiger partial charge in [0.2, 0.25) is 0 Å². The Bertz CT molecular complexity index is 419. The lowest BCUT2D eigenvalue weighted by atomic mass is 9.90. The average molecular weight is 307 g/mol. The lowest BCUT2D eigenvalue weighted by Gasteiger charge is -2.44. The van der Waals surface area contributed by atoms with Gasteiger partial charge in [-0.3, -0.25) is 0 Å². The highest BCUT2D eigenvalue weighted by Gasteiger charge is 2.43. The third kappa shape index (κ3) is 4.96. The summed E-state index contributed by atoms with van der Waals surface area (Å²) in [4.78, 5) is 0. The normalized spacial score (nSPS) is 15.8. The molecule has 120 valence electrons. The second-order valence-electron chi connectivity index (χ2n) is 7.92. The van der Waals surface area contributed by atoms with Crippen molar-refractivity contribution < 1.29 is 4.43 Å². The first kappa shape index (κ1) is 18.4. The van der Waals surface area contributed by atoms with Crippen LogP contribution < -0.4 is 0 Å². The maximum atomic E-state index is 6.86. The minimum Gasteiger partial charge on any atom is -0.408 e. The van der Waals surface area contributed by atoms with E-state index in [4.69, 9.17) is 4.43 Å². The summed E-state index contributed by atoms with van der Waals surface area (Å²) in [5.74, 6) is 0. The number of rotatable bonds is 7. The molecule has 0 aliphatic rings. The van der Waals surface area contributed by atoms with Crippen LogP contribution in [0.3, 0.4) is 0 Å². The fourth-order valence-electron chi connectivity index (χ4n) is 2.47. The van der Waals surface area contributed by atoms with Gasteiger partial charge in [-0.15, -0.1) is 0 Å². The fraction of sp³-hybridized carbons (Fsp3) is 0.684. The van der Waals surface area contributed by atoms with Crippen LogP contribution in [0.25, 0.3) is 0 Å². The second kappa shape index (κ2) is 7.10. The third-order valence-electron chi connectivity index (χ3n) is 4.93. The van der Waals surface area contributed by atoms with Crippen LogP contribution in [0.2, 0.25) is 18.1 Å². The molecule has 0 spiro atoms. The zero-order valence-corrected chi connectivity index (χ0v) is 16.1. The smallest absolute Gasteiger partial charge is 0.193 e. The molecule has 0 aliphatic heterocycles. The molecule has 0 amide bonds. The standard InChI is InChI=1S/C19H34OSi/c1-8-9-13-16-19(5,17-14-11-10-12-15-17)20-21(6,7)18(2,3)4/h10-12,14-15H,8-9,13,16H2,1-7H3/t19-/m1/s1. The summed E-state index contributed by atoms with van der Waals surface area (Å²) in [6.07, 6.45) is 4.88. The van der Waals surface area contributed by atoms with E-state index in [0.717, 1.165) is 6.42 Å². The zero-order chi connectivity index (χ0) is 16.1. The van der Waals surface area contributed by atoms with E-state index in [1.54, 1.807) is 0 Å². The van der Waals surface area contributed by atoms with Gasteiger partial charge >= 0.3 is 0 Å². The van der Waals surface area contributed by atoms with E-state index in [0.29, 0.717) is 0 Å². The Balaban J connectivity index is 3.03. The Hall–Kier alpha value is -0.603. The molecule has 1 atom stereocenters. The molecule has 1 nitrogen and oxygen atoms in total. The lowest BCUT2D eigenvalue weighted by molar-refractivity contribution is 0.0574. The molecule has 0 aliphatic carbocycles. The van der Waals surface area contributed by atoms with Crippen molar-refractivity contribution in [2.75, 3.05) is 0 Å². The predicted octanol–water partition coefficient (Wildman–Crippen LogP) is 6.50. The van der Waals surface area contributed by atoms with Crippen LogP contribution in [0.15, 0.2) is 30.3 Å². The van der Waals surface area contributed by atoms with Gasteiger partial charge in [0, 0.05) is 0 Å². The molecule has 2 heteroatoms. The summed E-state index contributed by atoms with van der Waals surface area (Å²) in [6.45, 7) is 16.2. The highest BCUT2D eigenvalue weighted by molar-refractivity contribution is 6.74. The van der Waals surface area contributed by atoms with Gasteiger partial charge in [-0.25, -0.2) is 0 Å². The first-order valence-corrected chi connectivity index (χ1v) is 11.3. The van der Waals surface area contributed by atoms with Crippen molar-refractivity contribution in [2.45, 2.75) is 84.0 Å². The van der Waals surface area contributed by atoms with Gasteiger partial charge in [0.1, 0.15) is 0 Å². The van der Waals surface area contributed by atoms with Gasteiger partial charge in [-0.2, -0.15) is 0 Å². The monoisotopic (exact) mass is 306 g/mol. The Morgan fingerprint density at radius 1 is 0.952 bits per heavy atom. The summed E-state index contributed by atoms with van der Waals surface area (Å²) in [7, 11) is -1.78. The van der Waals surface area contributed by atoms with Crippen LogP contribution in [-0.4, -0.2) is 8.32 Å². The van der Waals surface area contributed by atoms with Gasteiger partial charge in [-0.05, 0) is 37.0 Å². The van der Waals surface area contributed by atoms with Crippen molar-refractivity contribution in [3.05, 3.63) is 35.9 Å². The summed E-state index contributed by atoms with van der Waals surface area (Å²) in [5.41, 5.74) is 1.17. The van der Waals surface area contributed by atoms with Crippen molar-refractivity contribution >= 4 is 8.32 Å². The molecule has 0 unspecified atom stereocenters. The van der Waals surface area contributed by atoms with Crippen molar-refractivity contribution in [1.82, 2.24) is 0 Å². The number of hydrogen-bond acceptors (Lipinski definition) is 1. The first-order chi connectivity index (χ1) is 9.62. The molecule has 0 saturated heterocycles.